The monoisotopic (exact) mass is 334 g/mol. The minimum Gasteiger partial charge on any atom is -0.388 e. The lowest BCUT2D eigenvalue weighted by atomic mass is 10.0. The molecule has 0 aliphatic carbocycles. The smallest absolute Gasteiger partial charge is 0.198 e. The number of benzene rings is 1. The summed E-state index contributed by atoms with van der Waals surface area (Å²) in [5.74, 6) is 0.582. The molecule has 2 heterocycles. The second-order valence-corrected chi connectivity index (χ2v) is 6.22. The molecule has 1 aromatic carbocycles. The molecular weight excluding hydrogens is 312 g/mol. The van der Waals surface area contributed by atoms with E-state index in [4.69, 9.17) is 17.0 Å². The maximum Gasteiger partial charge on any atom is 0.198 e. The van der Waals surface area contributed by atoms with Crippen molar-refractivity contribution < 1.29 is 9.84 Å². The van der Waals surface area contributed by atoms with E-state index < -0.39 is 0 Å². The van der Waals surface area contributed by atoms with Gasteiger partial charge in [-0.25, -0.2) is 4.68 Å². The van der Waals surface area contributed by atoms with Crippen molar-refractivity contribution in [1.82, 2.24) is 19.2 Å². The summed E-state index contributed by atoms with van der Waals surface area (Å²) in [5, 5.41) is 13.7. The zero-order valence-electron chi connectivity index (χ0n) is 13.5. The van der Waals surface area contributed by atoms with E-state index in [-0.39, 0.29) is 12.7 Å². The second kappa shape index (κ2) is 6.92. The first kappa shape index (κ1) is 16.3. The Labute approximate surface area is 140 Å². The minimum absolute atomic E-state index is 0.0696. The van der Waals surface area contributed by atoms with Crippen molar-refractivity contribution in [2.75, 3.05) is 19.7 Å². The molecule has 0 radical (unpaired) electrons. The van der Waals surface area contributed by atoms with Crippen LogP contribution in [0, 0.1) is 11.7 Å². The molecule has 1 unspecified atom stereocenters. The van der Waals surface area contributed by atoms with Crippen molar-refractivity contribution in [3.63, 3.8) is 0 Å². The van der Waals surface area contributed by atoms with E-state index in [1.165, 1.54) is 11.1 Å². The van der Waals surface area contributed by atoms with Gasteiger partial charge in [-0.1, -0.05) is 24.3 Å². The van der Waals surface area contributed by atoms with Gasteiger partial charge in [0.15, 0.2) is 10.6 Å². The molecule has 6 nitrogen and oxygen atoms in total. The maximum absolute atomic E-state index is 9.31. The third kappa shape index (κ3) is 3.37. The molecule has 1 aromatic heterocycles. The maximum atomic E-state index is 9.31. The van der Waals surface area contributed by atoms with Crippen LogP contribution in [0.1, 0.15) is 23.1 Å². The molecular formula is C16H22N4O2S. The van der Waals surface area contributed by atoms with Crippen molar-refractivity contribution in [3.8, 4) is 0 Å². The van der Waals surface area contributed by atoms with Crippen LogP contribution in [0.5, 0.6) is 0 Å². The number of hydrogen-bond acceptors (Lipinski definition) is 5. The summed E-state index contributed by atoms with van der Waals surface area (Å²) in [6, 6.07) is 8.33. The first-order valence-corrected chi connectivity index (χ1v) is 8.14. The molecule has 1 aliphatic rings. The molecule has 2 aromatic rings. The fourth-order valence-electron chi connectivity index (χ4n) is 2.92. The Bertz CT molecular complexity index is 740. The standard InChI is InChI=1S/C16H22N4O2S/c1-12-5-3-4-6-13(12)14-9-19(7-8-22-14)11-20-16(23)18(2)15(10-21)17-20/h3-6,14,21H,7-11H2,1-2H3. The molecule has 1 saturated heterocycles. The van der Waals surface area contributed by atoms with Gasteiger partial charge in [-0.15, -0.1) is 0 Å². The lowest BCUT2D eigenvalue weighted by molar-refractivity contribution is -0.0422. The fourth-order valence-corrected chi connectivity index (χ4v) is 3.12. The number of aliphatic hydroxyl groups excluding tert-OH is 1. The molecule has 0 bridgehead atoms. The average Bonchev–Trinajstić information content (AvgIpc) is 2.83. The first-order chi connectivity index (χ1) is 11.1. The summed E-state index contributed by atoms with van der Waals surface area (Å²) in [4.78, 5) is 2.28. The van der Waals surface area contributed by atoms with Crippen molar-refractivity contribution in [3.05, 3.63) is 46.0 Å². The molecule has 1 atom stereocenters. The van der Waals surface area contributed by atoms with E-state index >= 15 is 0 Å². The SMILES string of the molecule is Cc1ccccc1C1CN(Cn2nc(CO)n(C)c2=S)CCO1. The lowest BCUT2D eigenvalue weighted by Gasteiger charge is -2.33. The predicted molar refractivity (Wildman–Crippen MR) is 89.4 cm³/mol. The summed E-state index contributed by atoms with van der Waals surface area (Å²) in [7, 11) is 1.83. The Kier molecular flexibility index (Phi) is 4.91. The molecule has 3 rings (SSSR count). The Morgan fingerprint density at radius 1 is 1.39 bits per heavy atom. The number of nitrogens with zero attached hydrogens (tertiary/aromatic N) is 4. The van der Waals surface area contributed by atoms with E-state index in [2.05, 4.69) is 29.1 Å². The van der Waals surface area contributed by atoms with Crippen LogP contribution in [-0.2, 0) is 25.1 Å². The lowest BCUT2D eigenvalue weighted by Crippen LogP contribution is -2.39. The summed E-state index contributed by atoms with van der Waals surface area (Å²) < 4.78 is 10.1. The fraction of sp³-hybridized carbons (Fsp3) is 0.500. The summed E-state index contributed by atoms with van der Waals surface area (Å²) >= 11 is 5.39. The zero-order chi connectivity index (χ0) is 16.4. The van der Waals surface area contributed by atoms with Gasteiger partial charge in [0.1, 0.15) is 6.61 Å². The van der Waals surface area contributed by atoms with Crippen LogP contribution in [0.25, 0.3) is 0 Å². The molecule has 0 amide bonds. The van der Waals surface area contributed by atoms with E-state index in [0.717, 1.165) is 13.1 Å². The van der Waals surface area contributed by atoms with Crippen molar-refractivity contribution in [2.24, 2.45) is 7.05 Å². The highest BCUT2D eigenvalue weighted by Crippen LogP contribution is 2.25. The van der Waals surface area contributed by atoms with Gasteiger partial charge >= 0.3 is 0 Å². The number of hydrogen-bond donors (Lipinski definition) is 1. The van der Waals surface area contributed by atoms with Gasteiger partial charge in [0, 0.05) is 20.1 Å². The van der Waals surface area contributed by atoms with E-state index in [1.807, 2.05) is 19.2 Å². The number of rotatable bonds is 4. The molecule has 1 aliphatic heterocycles. The molecule has 0 saturated carbocycles. The number of aryl methyl sites for hydroxylation is 1. The number of ether oxygens (including phenoxy) is 1. The van der Waals surface area contributed by atoms with Gasteiger partial charge in [-0.2, -0.15) is 5.10 Å². The van der Waals surface area contributed by atoms with Crippen molar-refractivity contribution in [2.45, 2.75) is 26.3 Å². The Balaban J connectivity index is 1.75. The zero-order valence-corrected chi connectivity index (χ0v) is 14.3. The van der Waals surface area contributed by atoms with Crippen LogP contribution < -0.4 is 0 Å². The topological polar surface area (TPSA) is 55.5 Å². The van der Waals surface area contributed by atoms with Crippen LogP contribution in [0.3, 0.4) is 0 Å². The normalized spacial score (nSPS) is 19.2. The quantitative estimate of drug-likeness (QED) is 0.864. The molecule has 7 heteroatoms. The average molecular weight is 334 g/mol. The second-order valence-electron chi connectivity index (χ2n) is 5.85. The van der Waals surface area contributed by atoms with Crippen molar-refractivity contribution >= 4 is 12.2 Å². The Hall–Kier alpha value is -1.54. The van der Waals surface area contributed by atoms with E-state index in [1.54, 1.807) is 9.25 Å². The van der Waals surface area contributed by atoms with Crippen LogP contribution in [0.2, 0.25) is 0 Å². The van der Waals surface area contributed by atoms with Gasteiger partial charge < -0.3 is 14.4 Å². The highest BCUT2D eigenvalue weighted by atomic mass is 32.1. The van der Waals surface area contributed by atoms with Gasteiger partial charge in [0.05, 0.1) is 19.4 Å². The third-order valence-corrected chi connectivity index (χ3v) is 4.78. The molecule has 1 fully saturated rings. The number of aromatic nitrogens is 3. The molecule has 1 N–H and O–H groups in total. The van der Waals surface area contributed by atoms with Crippen LogP contribution in [-0.4, -0.2) is 44.1 Å². The Morgan fingerprint density at radius 2 is 2.17 bits per heavy atom. The van der Waals surface area contributed by atoms with E-state index in [9.17, 15) is 5.11 Å². The predicted octanol–water partition coefficient (Wildman–Crippen LogP) is 1.78. The van der Waals surface area contributed by atoms with Gasteiger partial charge in [0.2, 0.25) is 0 Å². The highest BCUT2D eigenvalue weighted by Gasteiger charge is 2.23. The molecule has 124 valence electrons. The Morgan fingerprint density at radius 3 is 2.87 bits per heavy atom. The summed E-state index contributed by atoms with van der Waals surface area (Å²) in [5.41, 5.74) is 2.48. The van der Waals surface area contributed by atoms with Crippen molar-refractivity contribution in [1.29, 1.82) is 0 Å². The van der Waals surface area contributed by atoms with Gasteiger partial charge in [-0.3, -0.25) is 4.90 Å². The third-order valence-electron chi connectivity index (χ3n) is 4.29. The van der Waals surface area contributed by atoms with Crippen LogP contribution in [0.15, 0.2) is 24.3 Å². The largest absolute Gasteiger partial charge is 0.388 e. The summed E-state index contributed by atoms with van der Waals surface area (Å²) in [6.45, 7) is 4.94. The van der Waals surface area contributed by atoms with Gasteiger partial charge in [-0.05, 0) is 30.3 Å². The number of aliphatic hydroxyl groups is 1. The highest BCUT2D eigenvalue weighted by molar-refractivity contribution is 7.71. The molecule has 23 heavy (non-hydrogen) atoms. The first-order valence-electron chi connectivity index (χ1n) is 7.73. The molecule has 0 spiro atoms. The number of morpholine rings is 1. The van der Waals surface area contributed by atoms with E-state index in [0.29, 0.717) is 23.9 Å². The van der Waals surface area contributed by atoms with Gasteiger partial charge in [0.25, 0.3) is 0 Å². The van der Waals surface area contributed by atoms with Crippen LogP contribution >= 0.6 is 12.2 Å². The van der Waals surface area contributed by atoms with Crippen LogP contribution in [0.4, 0.5) is 0 Å². The summed E-state index contributed by atoms with van der Waals surface area (Å²) in [6.07, 6.45) is 0.0696. The minimum atomic E-state index is -0.109.